The van der Waals surface area contributed by atoms with Gasteiger partial charge in [0.15, 0.2) is 0 Å². The second-order valence-electron chi connectivity index (χ2n) is 5.51. The first-order chi connectivity index (χ1) is 13.7. The van der Waals surface area contributed by atoms with Crippen LogP contribution in [0.4, 0.5) is 0 Å². The molecule has 0 aromatic carbocycles. The Hall–Kier alpha value is -1.62. The minimum atomic E-state index is -3.27. The lowest BCUT2D eigenvalue weighted by Gasteiger charge is -2.20. The van der Waals surface area contributed by atoms with E-state index in [1.807, 2.05) is 0 Å². The second-order valence-corrected chi connectivity index (χ2v) is 5.51. The zero-order chi connectivity index (χ0) is 23.3. The van der Waals surface area contributed by atoms with Gasteiger partial charge in [-0.25, -0.2) is 0 Å². The molecule has 0 fully saturated rings. The van der Waals surface area contributed by atoms with E-state index in [4.69, 9.17) is 17.7 Å². The molecule has 0 atom stereocenters. The second kappa shape index (κ2) is 11.0. The van der Waals surface area contributed by atoms with Crippen LogP contribution in [0.3, 0.4) is 0 Å². The fourth-order valence-corrected chi connectivity index (χ4v) is 2.64. The molecule has 0 unspecified atom stereocenters. The highest BCUT2D eigenvalue weighted by molar-refractivity contribution is 6.23. The van der Waals surface area contributed by atoms with Crippen LogP contribution in [-0.4, -0.2) is 37.5 Å². The molecular weight excluding hydrogens is 308 g/mol. The summed E-state index contributed by atoms with van der Waals surface area (Å²) >= 11 is 0. The van der Waals surface area contributed by atoms with Crippen molar-refractivity contribution in [2.45, 2.75) is 64.6 Å². The molecule has 1 N–H and O–H groups in total. The molecule has 5 heteroatoms. The average molecular weight is 344 g/mol. The number of methoxy groups -OCH3 is 2. The van der Waals surface area contributed by atoms with Crippen molar-refractivity contribution in [2.24, 2.45) is 0 Å². The van der Waals surface area contributed by atoms with E-state index in [1.54, 1.807) is 6.92 Å². The van der Waals surface area contributed by atoms with Crippen LogP contribution in [0, 0.1) is 0 Å². The van der Waals surface area contributed by atoms with Gasteiger partial charge in [-0.15, -0.1) is 0 Å². The van der Waals surface area contributed by atoms with E-state index in [1.165, 1.54) is 14.2 Å². The summed E-state index contributed by atoms with van der Waals surface area (Å²) in [6.07, 6.45) is -2.38. The first-order valence-corrected chi connectivity index (χ1v) is 8.06. The molecule has 0 saturated carbocycles. The van der Waals surface area contributed by atoms with Crippen LogP contribution in [0.2, 0.25) is 0 Å². The van der Waals surface area contributed by atoms with Crippen LogP contribution in [0.1, 0.15) is 72.8 Å². The Labute approximate surface area is 153 Å². The maximum atomic E-state index is 12.5. The summed E-state index contributed by atoms with van der Waals surface area (Å²) in [5.74, 6) is -0.919. The Morgan fingerprint density at radius 2 is 1.42 bits per heavy atom. The van der Waals surface area contributed by atoms with Crippen molar-refractivity contribution in [1.82, 2.24) is 0 Å². The quantitative estimate of drug-likeness (QED) is 0.433. The van der Waals surface area contributed by atoms with Crippen LogP contribution in [-0.2, 0) is 19.1 Å². The first-order valence-electron chi connectivity index (χ1n) is 11.1. The number of hydrogen-bond donors (Lipinski definition) is 1. The fraction of sp³-hybridized carbons (Fsp3) is 0.684. The molecule has 5 nitrogen and oxygen atoms in total. The minimum absolute atomic E-state index is 0.0925. The van der Waals surface area contributed by atoms with Crippen molar-refractivity contribution in [2.75, 3.05) is 20.8 Å². The smallest absolute Gasteiger partial charge is 0.228 e. The zero-order valence-electron chi connectivity index (χ0n) is 20.5. The summed E-state index contributed by atoms with van der Waals surface area (Å²) in [6, 6.07) is 0. The Morgan fingerprint density at radius 3 is 2.00 bits per heavy atom. The van der Waals surface area contributed by atoms with E-state index >= 15 is 0 Å². The fourth-order valence-electron chi connectivity index (χ4n) is 2.64. The van der Waals surface area contributed by atoms with Crippen molar-refractivity contribution < 1.29 is 32.4 Å². The zero-order valence-corrected chi connectivity index (χ0v) is 14.5. The number of hydrogen-bond acceptors (Lipinski definition) is 5. The van der Waals surface area contributed by atoms with Crippen molar-refractivity contribution in [1.29, 1.82) is 0 Å². The molecule has 0 saturated heterocycles. The molecule has 0 aromatic heterocycles. The molecule has 0 amide bonds. The highest BCUT2D eigenvalue weighted by Gasteiger charge is 2.34. The number of rotatable bonds is 12. The van der Waals surface area contributed by atoms with E-state index in [0.717, 1.165) is 6.42 Å². The summed E-state index contributed by atoms with van der Waals surface area (Å²) in [6.45, 7) is -1.69. The number of carbonyl (C=O) groups is 2. The number of ketones is 2. The molecule has 0 bridgehead atoms. The number of aliphatic hydroxyl groups is 1. The van der Waals surface area contributed by atoms with Crippen molar-refractivity contribution in [3.05, 3.63) is 22.7 Å². The summed E-state index contributed by atoms with van der Waals surface area (Å²) < 4.78 is 54.8. The highest BCUT2D eigenvalue weighted by atomic mass is 16.5. The molecule has 24 heavy (non-hydrogen) atoms. The maximum Gasteiger partial charge on any atom is 0.228 e. The van der Waals surface area contributed by atoms with Crippen LogP contribution < -0.4 is 0 Å². The van der Waals surface area contributed by atoms with Crippen LogP contribution >= 0.6 is 0 Å². The van der Waals surface area contributed by atoms with Gasteiger partial charge in [-0.2, -0.15) is 0 Å². The van der Waals surface area contributed by atoms with E-state index in [9.17, 15) is 14.7 Å². The van der Waals surface area contributed by atoms with Gasteiger partial charge in [-0.3, -0.25) is 9.59 Å². The summed E-state index contributed by atoms with van der Waals surface area (Å²) in [7, 11) is 2.61. The SMILES string of the molecule is [2H]C([2H])(O)C([2H])([2H])C([2H])([2H])CCCCCCCC1=C(C)C(=O)C(OC)=C(OC)C1=O. The first kappa shape index (κ1) is 12.7. The normalized spacial score (nSPS) is 20.8. The van der Waals surface area contributed by atoms with Crippen LogP contribution in [0.15, 0.2) is 22.7 Å². The van der Waals surface area contributed by atoms with Crippen LogP contribution in [0.25, 0.3) is 0 Å². The standard InChI is InChI=1S/C19H30O5/c1-14-15(12-10-8-6-4-5-7-9-11-13-20)17(22)19(24-3)18(23-2)16(14)21/h20H,4-13H2,1-3H3/i9D2,11D2,13D2. The Balaban J connectivity index is 2.50. The molecule has 0 spiro atoms. The highest BCUT2D eigenvalue weighted by Crippen LogP contribution is 2.28. The lowest BCUT2D eigenvalue weighted by molar-refractivity contribution is -0.121. The lowest BCUT2D eigenvalue weighted by Crippen LogP contribution is -2.25. The molecule has 136 valence electrons. The van der Waals surface area contributed by atoms with Gasteiger partial charge in [0.05, 0.1) is 17.0 Å². The number of unbranched alkanes of at least 4 members (excludes halogenated alkanes) is 4. The Bertz CT molecular complexity index is 721. The predicted octanol–water partition coefficient (Wildman–Crippen LogP) is 3.46. The van der Waals surface area contributed by atoms with Gasteiger partial charge in [-0.05, 0) is 26.1 Å². The van der Waals surface area contributed by atoms with Crippen molar-refractivity contribution in [3.8, 4) is 0 Å². The monoisotopic (exact) mass is 344 g/mol. The molecule has 1 aliphatic carbocycles. The van der Waals surface area contributed by atoms with E-state index in [0.29, 0.717) is 43.3 Å². The van der Waals surface area contributed by atoms with Gasteiger partial charge >= 0.3 is 0 Å². The van der Waals surface area contributed by atoms with Gasteiger partial charge in [0.25, 0.3) is 0 Å². The van der Waals surface area contributed by atoms with Gasteiger partial charge in [0.2, 0.25) is 23.1 Å². The average Bonchev–Trinajstić information content (AvgIpc) is 2.64. The van der Waals surface area contributed by atoms with Crippen molar-refractivity contribution >= 4 is 11.6 Å². The van der Waals surface area contributed by atoms with E-state index in [-0.39, 0.29) is 29.5 Å². The molecule has 0 radical (unpaired) electrons. The maximum absolute atomic E-state index is 12.5. The third kappa shape index (κ3) is 5.48. The molecule has 0 aliphatic heterocycles. The molecule has 1 aliphatic rings. The number of allylic oxidation sites excluding steroid dienone is 2. The molecule has 0 aromatic rings. The van der Waals surface area contributed by atoms with Gasteiger partial charge in [0, 0.05) is 23.2 Å². The molecule has 0 heterocycles. The topological polar surface area (TPSA) is 72.8 Å². The molecular formula is C19H30O5. The summed E-state index contributed by atoms with van der Waals surface area (Å²) in [5, 5.41) is 9.25. The van der Waals surface area contributed by atoms with E-state index < -0.39 is 19.3 Å². The molecule has 1 rings (SSSR count). The lowest BCUT2D eigenvalue weighted by atomic mass is 9.89. The number of carbonyl (C=O) groups excluding carboxylic acids is 2. The van der Waals surface area contributed by atoms with Crippen molar-refractivity contribution in [3.63, 3.8) is 0 Å². The van der Waals surface area contributed by atoms with Gasteiger partial charge in [0.1, 0.15) is 0 Å². The van der Waals surface area contributed by atoms with E-state index in [2.05, 4.69) is 0 Å². The third-order valence-corrected chi connectivity index (χ3v) is 3.97. The van der Waals surface area contributed by atoms with Gasteiger partial charge in [-0.1, -0.05) is 38.5 Å². The number of Topliss-reactive ketones (excluding diaryl/α,β-unsaturated/α-hetero) is 2. The van der Waals surface area contributed by atoms with Gasteiger partial charge < -0.3 is 14.6 Å². The third-order valence-electron chi connectivity index (χ3n) is 3.97. The largest absolute Gasteiger partial charge is 0.489 e. The number of ether oxygens (including phenoxy) is 2. The minimum Gasteiger partial charge on any atom is -0.489 e. The Morgan fingerprint density at radius 1 is 0.875 bits per heavy atom. The Kier molecular flexibility index (Phi) is 5.83. The summed E-state index contributed by atoms with van der Waals surface area (Å²) in [4.78, 5) is 24.8. The van der Waals surface area contributed by atoms with Crippen LogP contribution in [0.5, 0.6) is 0 Å². The summed E-state index contributed by atoms with van der Waals surface area (Å²) in [5.41, 5.74) is 0.735. The predicted molar refractivity (Wildman–Crippen MR) is 92.4 cm³/mol.